The molecule has 6 nitrogen and oxygen atoms in total. The van der Waals surface area contributed by atoms with E-state index < -0.39 is 0 Å². The van der Waals surface area contributed by atoms with E-state index >= 15 is 0 Å². The molecule has 0 fully saturated rings. The number of para-hydroxylation sites is 1. The van der Waals surface area contributed by atoms with Crippen LogP contribution in [-0.2, 0) is 11.3 Å². The lowest BCUT2D eigenvalue weighted by atomic mass is 9.97. The highest BCUT2D eigenvalue weighted by molar-refractivity contribution is 8.00. The van der Waals surface area contributed by atoms with Crippen LogP contribution in [0.2, 0.25) is 0 Å². The smallest absolute Gasteiger partial charge is 0.325 e. The summed E-state index contributed by atoms with van der Waals surface area (Å²) in [7, 11) is 0. The highest BCUT2D eigenvalue weighted by Gasteiger charge is 2.20. The van der Waals surface area contributed by atoms with Gasteiger partial charge in [-0.15, -0.1) is 5.10 Å². The van der Waals surface area contributed by atoms with Crippen molar-refractivity contribution in [3.63, 3.8) is 0 Å². The lowest BCUT2D eigenvalue weighted by Crippen LogP contribution is -2.24. The molecule has 2 unspecified atom stereocenters. The van der Waals surface area contributed by atoms with Gasteiger partial charge in [-0.1, -0.05) is 50.7 Å². The number of rotatable bonds is 8. The molecule has 0 aliphatic carbocycles. The largest absolute Gasteiger partial charge is 0.343 e. The van der Waals surface area contributed by atoms with E-state index in [2.05, 4.69) is 29.4 Å². The zero-order chi connectivity index (χ0) is 18.4. The molecular formula is C18H26N4O2S. The monoisotopic (exact) mass is 362 g/mol. The van der Waals surface area contributed by atoms with Gasteiger partial charge in [-0.2, -0.15) is 0 Å². The Labute approximate surface area is 152 Å². The maximum atomic E-state index is 12.6. The molecule has 7 heteroatoms. The fraction of sp³-hybridized carbons (Fsp3) is 0.500. The third-order valence-corrected chi connectivity index (χ3v) is 5.27. The van der Waals surface area contributed by atoms with E-state index in [0.29, 0.717) is 17.6 Å². The molecule has 136 valence electrons. The number of carbonyl (C=O) groups excluding carboxylic acids is 1. The predicted octanol–water partition coefficient (Wildman–Crippen LogP) is 3.61. The van der Waals surface area contributed by atoms with Crippen molar-refractivity contribution >= 4 is 23.4 Å². The second-order valence-electron chi connectivity index (χ2n) is 6.11. The van der Waals surface area contributed by atoms with Crippen molar-refractivity contribution in [3.05, 3.63) is 40.3 Å². The normalized spacial score (nSPS) is 13.4. The van der Waals surface area contributed by atoms with Crippen molar-refractivity contribution in [2.24, 2.45) is 0 Å². The Hall–Kier alpha value is -2.02. The summed E-state index contributed by atoms with van der Waals surface area (Å²) >= 11 is 1.29. The first-order valence-corrected chi connectivity index (χ1v) is 9.57. The Kier molecular flexibility index (Phi) is 6.87. The summed E-state index contributed by atoms with van der Waals surface area (Å²) in [5.74, 6) is 0.278. The van der Waals surface area contributed by atoms with Crippen molar-refractivity contribution in [1.29, 1.82) is 0 Å². The minimum atomic E-state index is -0.365. The lowest BCUT2D eigenvalue weighted by Gasteiger charge is -2.17. The van der Waals surface area contributed by atoms with Crippen LogP contribution in [0.3, 0.4) is 0 Å². The van der Waals surface area contributed by atoms with Crippen LogP contribution in [-0.4, -0.2) is 25.9 Å². The molecular weight excluding hydrogens is 336 g/mol. The number of anilines is 1. The van der Waals surface area contributed by atoms with Gasteiger partial charge in [-0.3, -0.25) is 9.36 Å². The topological polar surface area (TPSA) is 79.8 Å². The Morgan fingerprint density at radius 3 is 2.72 bits per heavy atom. The van der Waals surface area contributed by atoms with Crippen LogP contribution in [0, 0.1) is 0 Å². The Morgan fingerprint density at radius 2 is 2.04 bits per heavy atom. The standard InChI is InChI=1S/C18H26N4O2S/c1-5-11-22-17(24)20-21-18(22)25-13(4)16(23)19-15-10-8-7-9-14(15)12(3)6-2/h7-10,12-13H,5-6,11H2,1-4H3,(H,19,23)(H,20,24). The van der Waals surface area contributed by atoms with Gasteiger partial charge in [0.05, 0.1) is 5.25 Å². The Morgan fingerprint density at radius 1 is 1.32 bits per heavy atom. The summed E-state index contributed by atoms with van der Waals surface area (Å²) in [5.41, 5.74) is 1.75. The molecule has 2 atom stereocenters. The van der Waals surface area contributed by atoms with Crippen molar-refractivity contribution in [3.8, 4) is 0 Å². The van der Waals surface area contributed by atoms with Gasteiger partial charge in [0, 0.05) is 12.2 Å². The molecule has 0 aliphatic rings. The van der Waals surface area contributed by atoms with E-state index in [1.54, 1.807) is 4.57 Å². The number of benzene rings is 1. The molecule has 0 saturated carbocycles. The molecule has 1 aromatic heterocycles. The number of amides is 1. The number of nitrogens with zero attached hydrogens (tertiary/aromatic N) is 2. The predicted molar refractivity (Wildman–Crippen MR) is 102 cm³/mol. The van der Waals surface area contributed by atoms with E-state index in [4.69, 9.17) is 0 Å². The lowest BCUT2D eigenvalue weighted by molar-refractivity contribution is -0.115. The van der Waals surface area contributed by atoms with E-state index in [0.717, 1.165) is 24.1 Å². The quantitative estimate of drug-likeness (QED) is 0.703. The SMILES string of the molecule is CCCn1c(SC(C)C(=O)Nc2ccccc2C(C)CC)n[nH]c1=O. The zero-order valence-corrected chi connectivity index (χ0v) is 16.0. The Bertz CT molecular complexity index is 768. The highest BCUT2D eigenvalue weighted by atomic mass is 32.2. The minimum absolute atomic E-state index is 0.0979. The molecule has 0 aliphatic heterocycles. The third-order valence-electron chi connectivity index (χ3n) is 4.18. The third kappa shape index (κ3) is 4.75. The number of nitrogens with one attached hydrogen (secondary N) is 2. The van der Waals surface area contributed by atoms with Crippen LogP contribution in [0.5, 0.6) is 0 Å². The fourth-order valence-electron chi connectivity index (χ4n) is 2.52. The summed E-state index contributed by atoms with van der Waals surface area (Å²) < 4.78 is 1.57. The molecule has 2 N–H and O–H groups in total. The average Bonchev–Trinajstić information content (AvgIpc) is 2.95. The van der Waals surface area contributed by atoms with E-state index in [1.165, 1.54) is 11.8 Å². The van der Waals surface area contributed by atoms with Gasteiger partial charge in [-0.05, 0) is 37.3 Å². The number of thioether (sulfide) groups is 1. The van der Waals surface area contributed by atoms with Crippen LogP contribution >= 0.6 is 11.8 Å². The first-order valence-electron chi connectivity index (χ1n) is 8.69. The van der Waals surface area contributed by atoms with Crippen LogP contribution in [0.1, 0.15) is 52.0 Å². The van der Waals surface area contributed by atoms with Gasteiger partial charge < -0.3 is 5.32 Å². The number of carbonyl (C=O) groups is 1. The van der Waals surface area contributed by atoms with Crippen LogP contribution in [0.15, 0.2) is 34.2 Å². The molecule has 2 rings (SSSR count). The number of aromatic nitrogens is 3. The second-order valence-corrected chi connectivity index (χ2v) is 7.42. The number of H-pyrrole nitrogens is 1. The molecule has 1 heterocycles. The van der Waals surface area contributed by atoms with Crippen LogP contribution < -0.4 is 11.0 Å². The molecule has 0 bridgehead atoms. The van der Waals surface area contributed by atoms with E-state index in [1.807, 2.05) is 38.1 Å². The van der Waals surface area contributed by atoms with Crippen molar-refractivity contribution in [2.75, 3.05) is 5.32 Å². The first-order chi connectivity index (χ1) is 12.0. The highest BCUT2D eigenvalue weighted by Crippen LogP contribution is 2.28. The van der Waals surface area contributed by atoms with Crippen LogP contribution in [0.25, 0.3) is 0 Å². The number of hydrogen-bond donors (Lipinski definition) is 2. The maximum absolute atomic E-state index is 12.6. The molecule has 0 radical (unpaired) electrons. The number of hydrogen-bond acceptors (Lipinski definition) is 4. The van der Waals surface area contributed by atoms with E-state index in [-0.39, 0.29) is 16.8 Å². The molecule has 1 amide bonds. The summed E-state index contributed by atoms with van der Waals surface area (Å²) in [4.78, 5) is 24.4. The second kappa shape index (κ2) is 8.89. The molecule has 0 spiro atoms. The average molecular weight is 362 g/mol. The summed E-state index contributed by atoms with van der Waals surface area (Å²) in [6, 6.07) is 7.89. The van der Waals surface area contributed by atoms with Crippen LogP contribution in [0.4, 0.5) is 5.69 Å². The maximum Gasteiger partial charge on any atom is 0.343 e. The van der Waals surface area contributed by atoms with Gasteiger partial charge in [0.1, 0.15) is 0 Å². The van der Waals surface area contributed by atoms with Gasteiger partial charge in [0.15, 0.2) is 5.16 Å². The van der Waals surface area contributed by atoms with Gasteiger partial charge in [0.25, 0.3) is 0 Å². The minimum Gasteiger partial charge on any atom is -0.325 e. The summed E-state index contributed by atoms with van der Waals surface area (Å²) in [5, 5.41) is 9.68. The summed E-state index contributed by atoms with van der Waals surface area (Å²) in [6.45, 7) is 8.68. The van der Waals surface area contributed by atoms with Crippen molar-refractivity contribution in [2.45, 2.75) is 63.4 Å². The zero-order valence-electron chi connectivity index (χ0n) is 15.2. The summed E-state index contributed by atoms with van der Waals surface area (Å²) in [6.07, 6.45) is 1.84. The fourth-order valence-corrected chi connectivity index (χ4v) is 3.40. The van der Waals surface area contributed by atoms with Gasteiger partial charge in [-0.25, -0.2) is 9.89 Å². The molecule has 0 saturated heterocycles. The first kappa shape index (κ1) is 19.3. The van der Waals surface area contributed by atoms with Crippen molar-refractivity contribution < 1.29 is 4.79 Å². The van der Waals surface area contributed by atoms with E-state index in [9.17, 15) is 9.59 Å². The van der Waals surface area contributed by atoms with Gasteiger partial charge >= 0.3 is 5.69 Å². The Balaban J connectivity index is 2.10. The number of aromatic amines is 1. The van der Waals surface area contributed by atoms with Gasteiger partial charge in [0.2, 0.25) is 5.91 Å². The molecule has 25 heavy (non-hydrogen) atoms. The van der Waals surface area contributed by atoms with Crippen molar-refractivity contribution in [1.82, 2.24) is 14.8 Å². The molecule has 1 aromatic carbocycles. The molecule has 2 aromatic rings.